The van der Waals surface area contributed by atoms with Crippen molar-refractivity contribution in [3.63, 3.8) is 0 Å². The minimum Gasteiger partial charge on any atom is -0.300 e. The molecular formula is C21H18ClNS. The highest BCUT2D eigenvalue weighted by atomic mass is 35.5. The third-order valence-electron chi connectivity index (χ3n) is 3.82. The molecule has 2 aromatic carbocycles. The molecule has 120 valence electrons. The van der Waals surface area contributed by atoms with Crippen molar-refractivity contribution in [1.82, 2.24) is 0 Å². The summed E-state index contributed by atoms with van der Waals surface area (Å²) in [6, 6.07) is 16.1. The summed E-state index contributed by atoms with van der Waals surface area (Å²) in [5.74, 6) is 0.959. The van der Waals surface area contributed by atoms with Crippen LogP contribution in [0.2, 0.25) is 5.02 Å². The monoisotopic (exact) mass is 351 g/mol. The van der Waals surface area contributed by atoms with Gasteiger partial charge < -0.3 is 0 Å². The zero-order chi connectivity index (χ0) is 16.9. The van der Waals surface area contributed by atoms with Gasteiger partial charge in [0.05, 0.1) is 5.71 Å². The quantitative estimate of drug-likeness (QED) is 0.667. The van der Waals surface area contributed by atoms with E-state index in [9.17, 15) is 0 Å². The van der Waals surface area contributed by atoms with Crippen LogP contribution in [0.1, 0.15) is 23.6 Å². The number of rotatable bonds is 4. The van der Waals surface area contributed by atoms with Crippen LogP contribution in [0, 0.1) is 5.41 Å². The van der Waals surface area contributed by atoms with E-state index < -0.39 is 0 Å². The third kappa shape index (κ3) is 4.08. The van der Waals surface area contributed by atoms with E-state index in [1.54, 1.807) is 0 Å². The summed E-state index contributed by atoms with van der Waals surface area (Å²) >= 11 is 7.83. The lowest BCUT2D eigenvalue weighted by atomic mass is 9.91. The van der Waals surface area contributed by atoms with Gasteiger partial charge in [-0.1, -0.05) is 72.3 Å². The molecule has 0 unspecified atom stereocenters. The maximum absolute atomic E-state index is 8.38. The Morgan fingerprint density at radius 2 is 1.92 bits per heavy atom. The number of hydrogen-bond donors (Lipinski definition) is 1. The van der Waals surface area contributed by atoms with Crippen LogP contribution in [-0.2, 0) is 5.75 Å². The van der Waals surface area contributed by atoms with E-state index in [0.717, 1.165) is 22.5 Å². The first-order valence-corrected chi connectivity index (χ1v) is 9.12. The molecule has 0 amide bonds. The molecule has 0 atom stereocenters. The number of thioether (sulfide) groups is 1. The summed E-state index contributed by atoms with van der Waals surface area (Å²) in [5.41, 5.74) is 4.71. The molecule has 0 heterocycles. The molecule has 1 nitrogen and oxygen atoms in total. The fourth-order valence-corrected chi connectivity index (χ4v) is 3.41. The normalized spacial score (nSPS) is 15.7. The van der Waals surface area contributed by atoms with Crippen LogP contribution in [0.25, 0.3) is 6.08 Å². The standard InChI is InChI=1S/C21H18ClNS/c1-15(24-14-16-5-3-2-4-6-16)7-8-17-9-10-18-13-19(22)11-12-20(18)21(17)23/h2-13,23H,14H2,1H3/b15-7+,17-8-,23-21?. The van der Waals surface area contributed by atoms with Crippen LogP contribution in [-0.4, -0.2) is 5.71 Å². The Kier molecular flexibility index (Phi) is 5.39. The van der Waals surface area contributed by atoms with Crippen LogP contribution in [0.4, 0.5) is 0 Å². The summed E-state index contributed by atoms with van der Waals surface area (Å²) in [4.78, 5) is 1.23. The Hall–Kier alpha value is -2.03. The Morgan fingerprint density at radius 1 is 1.12 bits per heavy atom. The van der Waals surface area contributed by atoms with Gasteiger partial charge in [-0.25, -0.2) is 0 Å². The second-order valence-electron chi connectivity index (χ2n) is 5.61. The van der Waals surface area contributed by atoms with E-state index in [0.29, 0.717) is 10.7 Å². The number of hydrogen-bond acceptors (Lipinski definition) is 2. The van der Waals surface area contributed by atoms with Gasteiger partial charge in [-0.15, -0.1) is 11.8 Å². The highest BCUT2D eigenvalue weighted by Gasteiger charge is 2.13. The van der Waals surface area contributed by atoms with Gasteiger partial charge in [0, 0.05) is 21.9 Å². The second kappa shape index (κ2) is 7.69. The van der Waals surface area contributed by atoms with Crippen LogP contribution < -0.4 is 0 Å². The van der Waals surface area contributed by atoms with E-state index in [-0.39, 0.29) is 0 Å². The molecule has 3 rings (SSSR count). The molecule has 0 aliphatic heterocycles. The van der Waals surface area contributed by atoms with Gasteiger partial charge in [0.1, 0.15) is 0 Å². The first-order chi connectivity index (χ1) is 11.6. The van der Waals surface area contributed by atoms with Crippen molar-refractivity contribution in [3.05, 3.63) is 99.0 Å². The lowest BCUT2D eigenvalue weighted by Crippen LogP contribution is -2.07. The van der Waals surface area contributed by atoms with E-state index in [1.807, 2.05) is 54.3 Å². The highest BCUT2D eigenvalue weighted by Crippen LogP contribution is 2.26. The molecule has 3 heteroatoms. The average molecular weight is 352 g/mol. The van der Waals surface area contributed by atoms with Gasteiger partial charge in [-0.3, -0.25) is 5.41 Å². The molecule has 0 fully saturated rings. The Labute approximate surface area is 152 Å². The minimum atomic E-state index is 0.543. The molecule has 0 aromatic heterocycles. The van der Waals surface area contributed by atoms with Crippen molar-refractivity contribution in [1.29, 1.82) is 5.41 Å². The number of halogens is 1. The minimum absolute atomic E-state index is 0.543. The number of fused-ring (bicyclic) bond motifs is 1. The number of nitrogens with one attached hydrogen (secondary N) is 1. The number of allylic oxidation sites excluding steroid dienone is 5. The van der Waals surface area contributed by atoms with Gasteiger partial charge in [0.25, 0.3) is 0 Å². The molecule has 1 N–H and O–H groups in total. The second-order valence-corrected chi connectivity index (χ2v) is 7.27. The topological polar surface area (TPSA) is 23.9 Å². The maximum Gasteiger partial charge on any atom is 0.0690 e. The fraction of sp³-hybridized carbons (Fsp3) is 0.0952. The molecule has 0 saturated carbocycles. The molecule has 1 aliphatic rings. The molecule has 24 heavy (non-hydrogen) atoms. The molecule has 0 spiro atoms. The lowest BCUT2D eigenvalue weighted by molar-refractivity contribution is 1.41. The molecule has 0 bridgehead atoms. The zero-order valence-corrected chi connectivity index (χ0v) is 15.0. The summed E-state index contributed by atoms with van der Waals surface area (Å²) in [7, 11) is 0. The third-order valence-corrected chi connectivity index (χ3v) is 5.13. The first-order valence-electron chi connectivity index (χ1n) is 7.76. The van der Waals surface area contributed by atoms with E-state index in [2.05, 4.69) is 37.3 Å². The van der Waals surface area contributed by atoms with Crippen LogP contribution in [0.5, 0.6) is 0 Å². The number of benzene rings is 2. The van der Waals surface area contributed by atoms with Gasteiger partial charge in [0.15, 0.2) is 0 Å². The van der Waals surface area contributed by atoms with Crippen molar-refractivity contribution in [2.45, 2.75) is 12.7 Å². The smallest absolute Gasteiger partial charge is 0.0690 e. The molecule has 0 radical (unpaired) electrons. The van der Waals surface area contributed by atoms with Crippen molar-refractivity contribution >= 4 is 35.2 Å². The molecule has 2 aromatic rings. The summed E-state index contributed by atoms with van der Waals surface area (Å²) in [6.07, 6.45) is 8.10. The summed E-state index contributed by atoms with van der Waals surface area (Å²) < 4.78 is 0. The van der Waals surface area contributed by atoms with Crippen molar-refractivity contribution in [3.8, 4) is 0 Å². The fourth-order valence-electron chi connectivity index (χ4n) is 2.48. The Morgan fingerprint density at radius 3 is 2.71 bits per heavy atom. The van der Waals surface area contributed by atoms with Crippen molar-refractivity contribution in [2.24, 2.45) is 0 Å². The Bertz CT molecular complexity index is 847. The molecule has 1 aliphatic carbocycles. The van der Waals surface area contributed by atoms with E-state index in [1.165, 1.54) is 10.5 Å². The molecule has 0 saturated heterocycles. The predicted octanol–water partition coefficient (Wildman–Crippen LogP) is 6.50. The van der Waals surface area contributed by atoms with E-state index >= 15 is 0 Å². The van der Waals surface area contributed by atoms with Crippen molar-refractivity contribution in [2.75, 3.05) is 0 Å². The summed E-state index contributed by atoms with van der Waals surface area (Å²) in [6.45, 7) is 2.11. The van der Waals surface area contributed by atoms with Gasteiger partial charge >= 0.3 is 0 Å². The first kappa shape index (κ1) is 16.8. The average Bonchev–Trinajstić information content (AvgIpc) is 2.60. The van der Waals surface area contributed by atoms with Gasteiger partial charge in [-0.2, -0.15) is 0 Å². The van der Waals surface area contributed by atoms with Gasteiger partial charge in [0.2, 0.25) is 0 Å². The Balaban J connectivity index is 1.70. The van der Waals surface area contributed by atoms with Crippen LogP contribution in [0.3, 0.4) is 0 Å². The van der Waals surface area contributed by atoms with E-state index in [4.69, 9.17) is 17.0 Å². The van der Waals surface area contributed by atoms with Gasteiger partial charge in [-0.05, 0) is 35.1 Å². The zero-order valence-electron chi connectivity index (χ0n) is 13.4. The van der Waals surface area contributed by atoms with Crippen LogP contribution in [0.15, 0.2) is 77.2 Å². The largest absolute Gasteiger partial charge is 0.300 e. The summed E-state index contributed by atoms with van der Waals surface area (Å²) in [5, 5.41) is 9.08. The predicted molar refractivity (Wildman–Crippen MR) is 107 cm³/mol. The lowest BCUT2D eigenvalue weighted by Gasteiger charge is -2.14. The SMILES string of the molecule is C/C(=C\C=C1\C=Cc2cc(Cl)ccc2C1=N)SCc1ccccc1. The molecular weight excluding hydrogens is 334 g/mol. The van der Waals surface area contributed by atoms with Crippen molar-refractivity contribution < 1.29 is 0 Å². The maximum atomic E-state index is 8.38. The van der Waals surface area contributed by atoms with Crippen LogP contribution >= 0.6 is 23.4 Å². The highest BCUT2D eigenvalue weighted by molar-refractivity contribution is 8.02.